The van der Waals surface area contributed by atoms with E-state index in [4.69, 9.17) is 11.6 Å². The lowest BCUT2D eigenvalue weighted by atomic mass is 10.2. The number of aromatic nitrogens is 2. The molecule has 0 saturated heterocycles. The molecule has 9 heteroatoms. The van der Waals surface area contributed by atoms with Crippen molar-refractivity contribution in [2.24, 2.45) is 0 Å². The summed E-state index contributed by atoms with van der Waals surface area (Å²) in [5.41, 5.74) is 1.48. The monoisotopic (exact) mass is 404 g/mol. The Morgan fingerprint density at radius 1 is 1.19 bits per heavy atom. The molecular formula is C18H17ClN4O3S. The fraction of sp³-hybridized carbons (Fsp3) is 0.111. The van der Waals surface area contributed by atoms with E-state index >= 15 is 0 Å². The third-order valence-electron chi connectivity index (χ3n) is 3.89. The van der Waals surface area contributed by atoms with Crippen molar-refractivity contribution in [3.63, 3.8) is 0 Å². The SMILES string of the molecule is CN(C)S(=O)(=O)c1cc(C(=O)Nc2ccccc2-n2ccnc2)ccc1Cl. The summed E-state index contributed by atoms with van der Waals surface area (Å²) in [7, 11) is -0.966. The Bertz CT molecular complexity index is 1080. The van der Waals surface area contributed by atoms with Gasteiger partial charge in [0.1, 0.15) is 4.90 Å². The quantitative estimate of drug-likeness (QED) is 0.708. The summed E-state index contributed by atoms with van der Waals surface area (Å²) in [5, 5.41) is 2.86. The first-order chi connectivity index (χ1) is 12.8. The Kier molecular flexibility index (Phi) is 5.31. The second-order valence-corrected chi connectivity index (χ2v) is 8.40. The van der Waals surface area contributed by atoms with E-state index in [1.165, 1.54) is 32.3 Å². The van der Waals surface area contributed by atoms with Crippen LogP contribution in [0.25, 0.3) is 5.69 Å². The van der Waals surface area contributed by atoms with Crippen molar-refractivity contribution in [3.05, 3.63) is 71.8 Å². The molecule has 27 heavy (non-hydrogen) atoms. The number of carbonyl (C=O) groups is 1. The van der Waals surface area contributed by atoms with Crippen LogP contribution in [-0.4, -0.2) is 42.3 Å². The lowest BCUT2D eigenvalue weighted by molar-refractivity contribution is 0.102. The molecule has 3 aromatic rings. The smallest absolute Gasteiger partial charge is 0.255 e. The third-order valence-corrected chi connectivity index (χ3v) is 6.18. The van der Waals surface area contributed by atoms with Crippen LogP contribution in [0.3, 0.4) is 0 Å². The molecule has 0 aliphatic heterocycles. The highest BCUT2D eigenvalue weighted by atomic mass is 35.5. The number of amides is 1. The van der Waals surface area contributed by atoms with Crippen molar-refractivity contribution < 1.29 is 13.2 Å². The van der Waals surface area contributed by atoms with E-state index < -0.39 is 15.9 Å². The zero-order chi connectivity index (χ0) is 19.6. The van der Waals surface area contributed by atoms with Crippen LogP contribution in [0, 0.1) is 0 Å². The summed E-state index contributed by atoms with van der Waals surface area (Å²) in [5.74, 6) is -0.450. The van der Waals surface area contributed by atoms with Crippen molar-refractivity contribution in [1.82, 2.24) is 13.9 Å². The number of anilines is 1. The highest BCUT2D eigenvalue weighted by Gasteiger charge is 2.22. The summed E-state index contributed by atoms with van der Waals surface area (Å²) in [4.78, 5) is 16.6. The first kappa shape index (κ1) is 19.1. The number of imidazole rings is 1. The van der Waals surface area contributed by atoms with Crippen LogP contribution in [0.5, 0.6) is 0 Å². The maximum atomic E-state index is 12.7. The summed E-state index contributed by atoms with van der Waals surface area (Å²) < 4.78 is 27.6. The van der Waals surface area contributed by atoms with Gasteiger partial charge in [0.2, 0.25) is 10.0 Å². The molecule has 0 saturated carbocycles. The van der Waals surface area contributed by atoms with Gasteiger partial charge in [-0.15, -0.1) is 0 Å². The van der Waals surface area contributed by atoms with Gasteiger partial charge in [0.15, 0.2) is 0 Å². The van der Waals surface area contributed by atoms with E-state index in [1.807, 2.05) is 12.1 Å². The zero-order valence-corrected chi connectivity index (χ0v) is 16.2. The Balaban J connectivity index is 1.95. The summed E-state index contributed by atoms with van der Waals surface area (Å²) in [6, 6.07) is 11.4. The first-order valence-electron chi connectivity index (χ1n) is 7.91. The van der Waals surface area contributed by atoms with Gasteiger partial charge >= 0.3 is 0 Å². The molecule has 1 amide bonds. The van der Waals surface area contributed by atoms with Gasteiger partial charge in [-0.05, 0) is 30.3 Å². The number of nitrogens with one attached hydrogen (secondary N) is 1. The Hall–Kier alpha value is -2.68. The van der Waals surface area contributed by atoms with Gasteiger partial charge < -0.3 is 9.88 Å². The van der Waals surface area contributed by atoms with Crippen molar-refractivity contribution >= 4 is 33.2 Å². The van der Waals surface area contributed by atoms with Crippen molar-refractivity contribution in [3.8, 4) is 5.69 Å². The number of carbonyl (C=O) groups excluding carboxylic acids is 1. The zero-order valence-electron chi connectivity index (χ0n) is 14.6. The van der Waals surface area contributed by atoms with E-state index in [1.54, 1.807) is 35.4 Å². The lowest BCUT2D eigenvalue weighted by Gasteiger charge is -2.15. The van der Waals surface area contributed by atoms with Crippen LogP contribution in [0.1, 0.15) is 10.4 Å². The molecule has 0 spiro atoms. The first-order valence-corrected chi connectivity index (χ1v) is 9.73. The van der Waals surface area contributed by atoms with Gasteiger partial charge in [-0.3, -0.25) is 4.79 Å². The second kappa shape index (κ2) is 7.51. The molecule has 1 heterocycles. The highest BCUT2D eigenvalue weighted by molar-refractivity contribution is 7.89. The number of hydrogen-bond donors (Lipinski definition) is 1. The van der Waals surface area contributed by atoms with E-state index in [-0.39, 0.29) is 15.5 Å². The van der Waals surface area contributed by atoms with Crippen molar-refractivity contribution in [2.75, 3.05) is 19.4 Å². The van der Waals surface area contributed by atoms with E-state index in [9.17, 15) is 13.2 Å². The normalized spacial score (nSPS) is 11.6. The molecule has 0 radical (unpaired) electrons. The Morgan fingerprint density at radius 3 is 2.59 bits per heavy atom. The Morgan fingerprint density at radius 2 is 1.93 bits per heavy atom. The molecule has 0 unspecified atom stereocenters. The predicted molar refractivity (Wildman–Crippen MR) is 104 cm³/mol. The maximum Gasteiger partial charge on any atom is 0.255 e. The average Bonchev–Trinajstić information content (AvgIpc) is 3.16. The molecule has 3 rings (SSSR count). The molecule has 7 nitrogen and oxygen atoms in total. The van der Waals surface area contributed by atoms with Crippen LogP contribution >= 0.6 is 11.6 Å². The molecule has 0 atom stereocenters. The minimum atomic E-state index is -3.77. The standard InChI is InChI=1S/C18H17ClN4O3S/c1-22(2)27(25,26)17-11-13(7-8-14(17)19)18(24)21-15-5-3-4-6-16(15)23-10-9-20-12-23/h3-12H,1-2H3,(H,21,24). The maximum absolute atomic E-state index is 12.7. The number of nitrogens with zero attached hydrogens (tertiary/aromatic N) is 3. The minimum absolute atomic E-state index is 0.0547. The molecular weight excluding hydrogens is 388 g/mol. The number of benzene rings is 2. The van der Waals surface area contributed by atoms with E-state index in [2.05, 4.69) is 10.3 Å². The number of para-hydroxylation sites is 2. The fourth-order valence-corrected chi connectivity index (χ4v) is 3.83. The van der Waals surface area contributed by atoms with Crippen LogP contribution in [-0.2, 0) is 10.0 Å². The number of sulfonamides is 1. The Labute approximate surface area is 162 Å². The van der Waals surface area contributed by atoms with Crippen molar-refractivity contribution in [1.29, 1.82) is 0 Å². The average molecular weight is 405 g/mol. The van der Waals surface area contributed by atoms with Gasteiger partial charge in [0, 0.05) is 32.1 Å². The van der Waals surface area contributed by atoms with E-state index in [0.717, 1.165) is 9.99 Å². The summed E-state index contributed by atoms with van der Waals surface area (Å²) in [6.07, 6.45) is 5.01. The molecule has 1 aromatic heterocycles. The van der Waals surface area contributed by atoms with Crippen LogP contribution in [0.4, 0.5) is 5.69 Å². The second-order valence-electron chi connectivity index (χ2n) is 5.87. The fourth-order valence-electron chi connectivity index (χ4n) is 2.44. The number of halogens is 1. The molecule has 0 aliphatic rings. The minimum Gasteiger partial charge on any atom is -0.320 e. The van der Waals surface area contributed by atoms with Gasteiger partial charge in [-0.2, -0.15) is 0 Å². The van der Waals surface area contributed by atoms with Crippen LogP contribution in [0.2, 0.25) is 5.02 Å². The lowest BCUT2D eigenvalue weighted by Crippen LogP contribution is -2.23. The molecule has 0 fully saturated rings. The number of rotatable bonds is 5. The topological polar surface area (TPSA) is 84.3 Å². The molecule has 0 bridgehead atoms. The van der Waals surface area contributed by atoms with Gasteiger partial charge in [-0.25, -0.2) is 17.7 Å². The van der Waals surface area contributed by atoms with Crippen LogP contribution in [0.15, 0.2) is 66.1 Å². The van der Waals surface area contributed by atoms with Gasteiger partial charge in [-0.1, -0.05) is 23.7 Å². The number of hydrogen-bond acceptors (Lipinski definition) is 4. The molecule has 1 N–H and O–H groups in total. The third kappa shape index (κ3) is 3.87. The predicted octanol–water partition coefficient (Wildman–Crippen LogP) is 3.03. The molecule has 2 aromatic carbocycles. The summed E-state index contributed by atoms with van der Waals surface area (Å²) in [6.45, 7) is 0. The van der Waals surface area contributed by atoms with Gasteiger partial charge in [0.25, 0.3) is 5.91 Å². The molecule has 0 aliphatic carbocycles. The highest BCUT2D eigenvalue weighted by Crippen LogP contribution is 2.26. The van der Waals surface area contributed by atoms with Gasteiger partial charge in [0.05, 0.1) is 22.7 Å². The van der Waals surface area contributed by atoms with E-state index in [0.29, 0.717) is 5.69 Å². The molecule has 140 valence electrons. The summed E-state index contributed by atoms with van der Waals surface area (Å²) >= 11 is 6.03. The van der Waals surface area contributed by atoms with Crippen LogP contribution < -0.4 is 5.32 Å². The largest absolute Gasteiger partial charge is 0.320 e. The van der Waals surface area contributed by atoms with Crippen molar-refractivity contribution in [2.45, 2.75) is 4.90 Å².